The zero-order valence-electron chi connectivity index (χ0n) is 15.7. The molecule has 2 heterocycles. The predicted octanol–water partition coefficient (Wildman–Crippen LogP) is 4.72. The number of rotatable bonds is 4. The molecular formula is C22H20ClN3O2. The number of amides is 1. The van der Waals surface area contributed by atoms with E-state index in [0.717, 1.165) is 33.7 Å². The molecule has 1 amide bonds. The third-order valence-corrected chi connectivity index (χ3v) is 5.05. The minimum atomic E-state index is -0.458. The summed E-state index contributed by atoms with van der Waals surface area (Å²) in [4.78, 5) is 17.3. The number of aromatic nitrogens is 1. The molecule has 0 bridgehead atoms. The molecule has 142 valence electrons. The molecule has 1 aliphatic rings. The number of nitrogens with zero attached hydrogens (tertiary/aromatic N) is 2. The van der Waals surface area contributed by atoms with Crippen LogP contribution in [0.15, 0.2) is 58.0 Å². The van der Waals surface area contributed by atoms with Crippen LogP contribution in [-0.2, 0) is 4.79 Å². The van der Waals surface area contributed by atoms with Gasteiger partial charge in [0.2, 0.25) is 5.91 Å². The Balaban J connectivity index is 1.92. The van der Waals surface area contributed by atoms with E-state index in [9.17, 15) is 4.79 Å². The summed E-state index contributed by atoms with van der Waals surface area (Å²) in [6, 6.07) is 15.2. The van der Waals surface area contributed by atoms with E-state index in [0.29, 0.717) is 17.3 Å². The standard InChI is InChI=1S/C22H20ClN3O2/c1-3-24-19(27)12-18-22-20(13(2)26-28-22)16-6-4-5-7-17(16)21(25-18)14-8-10-15(23)11-9-14/h4-11,18H,3,12H2,1-2H3,(H,24,27)/t18-/m0/s1. The highest BCUT2D eigenvalue weighted by molar-refractivity contribution is 6.30. The monoisotopic (exact) mass is 393 g/mol. The van der Waals surface area contributed by atoms with E-state index in [2.05, 4.69) is 10.5 Å². The molecule has 1 atom stereocenters. The summed E-state index contributed by atoms with van der Waals surface area (Å²) in [5, 5.41) is 7.67. The Morgan fingerprint density at radius 3 is 2.57 bits per heavy atom. The van der Waals surface area contributed by atoms with Crippen LogP contribution in [0.1, 0.15) is 42.0 Å². The van der Waals surface area contributed by atoms with Gasteiger partial charge in [-0.05, 0) is 31.5 Å². The normalized spacial score (nSPS) is 15.2. The maximum absolute atomic E-state index is 12.3. The van der Waals surface area contributed by atoms with Crippen molar-refractivity contribution in [3.8, 4) is 11.1 Å². The van der Waals surface area contributed by atoms with Crippen LogP contribution in [0.2, 0.25) is 5.02 Å². The first-order valence-corrected chi connectivity index (χ1v) is 9.62. The van der Waals surface area contributed by atoms with E-state index in [-0.39, 0.29) is 12.3 Å². The van der Waals surface area contributed by atoms with Gasteiger partial charge in [-0.3, -0.25) is 9.79 Å². The summed E-state index contributed by atoms with van der Waals surface area (Å²) in [7, 11) is 0. The van der Waals surface area contributed by atoms with Crippen molar-refractivity contribution in [3.05, 3.63) is 76.1 Å². The van der Waals surface area contributed by atoms with Gasteiger partial charge in [0.05, 0.1) is 23.4 Å². The van der Waals surface area contributed by atoms with E-state index < -0.39 is 6.04 Å². The molecule has 4 rings (SSSR count). The second-order valence-electron chi connectivity index (χ2n) is 6.71. The largest absolute Gasteiger partial charge is 0.358 e. The summed E-state index contributed by atoms with van der Waals surface area (Å²) in [5.41, 5.74) is 5.44. The summed E-state index contributed by atoms with van der Waals surface area (Å²) in [6.45, 7) is 4.38. The van der Waals surface area contributed by atoms with E-state index in [4.69, 9.17) is 21.1 Å². The van der Waals surface area contributed by atoms with E-state index >= 15 is 0 Å². The first kappa shape index (κ1) is 18.4. The van der Waals surface area contributed by atoms with Crippen LogP contribution < -0.4 is 5.32 Å². The highest BCUT2D eigenvalue weighted by Crippen LogP contribution is 2.40. The minimum absolute atomic E-state index is 0.0716. The number of nitrogens with one attached hydrogen (secondary N) is 1. The molecular weight excluding hydrogens is 374 g/mol. The topological polar surface area (TPSA) is 67.5 Å². The van der Waals surface area contributed by atoms with Crippen molar-refractivity contribution >= 4 is 23.2 Å². The predicted molar refractivity (Wildman–Crippen MR) is 110 cm³/mol. The van der Waals surface area contributed by atoms with Crippen molar-refractivity contribution in [2.75, 3.05) is 6.54 Å². The van der Waals surface area contributed by atoms with Crippen molar-refractivity contribution in [1.82, 2.24) is 10.5 Å². The maximum Gasteiger partial charge on any atom is 0.222 e. The van der Waals surface area contributed by atoms with Crippen LogP contribution >= 0.6 is 11.6 Å². The first-order valence-electron chi connectivity index (χ1n) is 9.25. The number of carbonyl (C=O) groups is 1. The van der Waals surface area contributed by atoms with Crippen LogP contribution in [-0.4, -0.2) is 23.3 Å². The molecule has 0 saturated carbocycles. The fourth-order valence-electron chi connectivity index (χ4n) is 3.56. The Kier molecular flexibility index (Phi) is 5.01. The quantitative estimate of drug-likeness (QED) is 0.697. The van der Waals surface area contributed by atoms with E-state index in [1.54, 1.807) is 0 Å². The summed E-state index contributed by atoms with van der Waals surface area (Å²) >= 11 is 6.08. The average Bonchev–Trinajstić information content (AvgIpc) is 3.01. The zero-order chi connectivity index (χ0) is 19.7. The minimum Gasteiger partial charge on any atom is -0.358 e. The van der Waals surface area contributed by atoms with Crippen molar-refractivity contribution in [2.45, 2.75) is 26.3 Å². The highest BCUT2D eigenvalue weighted by atomic mass is 35.5. The lowest BCUT2D eigenvalue weighted by Crippen LogP contribution is -2.24. The smallest absolute Gasteiger partial charge is 0.222 e. The molecule has 2 aromatic carbocycles. The number of hydrogen-bond acceptors (Lipinski definition) is 4. The molecule has 28 heavy (non-hydrogen) atoms. The highest BCUT2D eigenvalue weighted by Gasteiger charge is 2.31. The van der Waals surface area contributed by atoms with Gasteiger partial charge in [0, 0.05) is 22.7 Å². The van der Waals surface area contributed by atoms with Crippen LogP contribution in [0.5, 0.6) is 0 Å². The Morgan fingerprint density at radius 1 is 1.14 bits per heavy atom. The van der Waals surface area contributed by atoms with Gasteiger partial charge in [0.1, 0.15) is 6.04 Å². The molecule has 0 spiro atoms. The van der Waals surface area contributed by atoms with Crippen molar-refractivity contribution < 1.29 is 9.32 Å². The number of aryl methyl sites for hydroxylation is 1. The third kappa shape index (κ3) is 3.34. The number of fused-ring (bicyclic) bond motifs is 3. The van der Waals surface area contributed by atoms with Gasteiger partial charge in [-0.2, -0.15) is 0 Å². The molecule has 1 N–H and O–H groups in total. The van der Waals surface area contributed by atoms with Crippen LogP contribution in [0.4, 0.5) is 0 Å². The van der Waals surface area contributed by atoms with Gasteiger partial charge in [0.25, 0.3) is 0 Å². The Morgan fingerprint density at radius 2 is 1.86 bits per heavy atom. The van der Waals surface area contributed by atoms with Crippen molar-refractivity contribution in [1.29, 1.82) is 0 Å². The zero-order valence-corrected chi connectivity index (χ0v) is 16.5. The van der Waals surface area contributed by atoms with Gasteiger partial charge in [-0.25, -0.2) is 0 Å². The van der Waals surface area contributed by atoms with Gasteiger partial charge >= 0.3 is 0 Å². The lowest BCUT2D eigenvalue weighted by Gasteiger charge is -2.12. The molecule has 3 aromatic rings. The molecule has 0 saturated heterocycles. The summed E-state index contributed by atoms with van der Waals surface area (Å²) in [5.74, 6) is 0.554. The van der Waals surface area contributed by atoms with Crippen molar-refractivity contribution in [3.63, 3.8) is 0 Å². The molecule has 0 radical (unpaired) electrons. The number of carbonyl (C=O) groups excluding carboxylic acids is 1. The molecule has 1 aromatic heterocycles. The van der Waals surface area contributed by atoms with Gasteiger partial charge in [-0.1, -0.05) is 53.2 Å². The molecule has 0 unspecified atom stereocenters. The van der Waals surface area contributed by atoms with E-state index in [1.807, 2.05) is 62.4 Å². The van der Waals surface area contributed by atoms with Crippen molar-refractivity contribution in [2.24, 2.45) is 4.99 Å². The fraction of sp³-hybridized carbons (Fsp3) is 0.227. The van der Waals surface area contributed by atoms with Crippen LogP contribution in [0.3, 0.4) is 0 Å². The third-order valence-electron chi connectivity index (χ3n) is 4.80. The number of hydrogen-bond donors (Lipinski definition) is 1. The van der Waals surface area contributed by atoms with Crippen LogP contribution in [0.25, 0.3) is 11.1 Å². The lowest BCUT2D eigenvalue weighted by molar-refractivity contribution is -0.121. The average molecular weight is 394 g/mol. The number of aliphatic imine (C=N–C) groups is 1. The second kappa shape index (κ2) is 7.60. The van der Waals surface area contributed by atoms with Gasteiger partial charge < -0.3 is 9.84 Å². The molecule has 0 fully saturated rings. The maximum atomic E-state index is 12.3. The molecule has 1 aliphatic heterocycles. The van der Waals surface area contributed by atoms with Gasteiger partial charge in [-0.15, -0.1) is 0 Å². The first-order chi connectivity index (χ1) is 13.6. The second-order valence-corrected chi connectivity index (χ2v) is 7.15. The summed E-state index contributed by atoms with van der Waals surface area (Å²) < 4.78 is 5.66. The number of benzene rings is 2. The lowest BCUT2D eigenvalue weighted by atomic mass is 9.93. The van der Waals surface area contributed by atoms with E-state index in [1.165, 1.54) is 0 Å². The SMILES string of the molecule is CCNC(=O)C[C@@H]1N=C(c2ccc(Cl)cc2)c2ccccc2-c2c(C)noc21. The molecule has 5 nitrogen and oxygen atoms in total. The Hall–Kier alpha value is -2.92. The summed E-state index contributed by atoms with van der Waals surface area (Å²) in [6.07, 6.45) is 0.195. The molecule has 6 heteroatoms. The Bertz CT molecular complexity index is 1050. The fourth-order valence-corrected chi connectivity index (χ4v) is 3.68. The Labute approximate surface area is 168 Å². The molecule has 0 aliphatic carbocycles. The number of halogens is 1. The van der Waals surface area contributed by atoms with Gasteiger partial charge in [0.15, 0.2) is 5.76 Å². The van der Waals surface area contributed by atoms with Crippen LogP contribution in [0, 0.1) is 6.92 Å².